The Bertz CT molecular complexity index is 1240. The minimum Gasteiger partial charge on any atom is -0.496 e. The van der Waals surface area contributed by atoms with E-state index in [1.807, 2.05) is 35.2 Å². The van der Waals surface area contributed by atoms with Gasteiger partial charge in [-0.3, -0.25) is 9.89 Å². The van der Waals surface area contributed by atoms with Crippen molar-refractivity contribution < 1.29 is 9.53 Å². The van der Waals surface area contributed by atoms with Crippen molar-refractivity contribution in [2.45, 2.75) is 6.92 Å². The third-order valence-electron chi connectivity index (χ3n) is 5.82. The number of H-pyrrole nitrogens is 1. The monoisotopic (exact) mass is 416 g/mol. The maximum Gasteiger partial charge on any atom is 0.219 e. The van der Waals surface area contributed by atoms with E-state index in [-0.39, 0.29) is 5.91 Å². The van der Waals surface area contributed by atoms with Crippen LogP contribution in [0.3, 0.4) is 0 Å². The van der Waals surface area contributed by atoms with Gasteiger partial charge in [0.1, 0.15) is 11.3 Å². The lowest BCUT2D eigenvalue weighted by Gasteiger charge is -2.35. The lowest BCUT2D eigenvalue weighted by atomic mass is 10.1. The van der Waals surface area contributed by atoms with Gasteiger partial charge in [0.05, 0.1) is 24.2 Å². The number of hydrogen-bond acceptors (Lipinski definition) is 6. The molecule has 0 radical (unpaired) electrons. The number of fused-ring (bicyclic) bond motifs is 3. The first-order valence-corrected chi connectivity index (χ1v) is 10.3. The van der Waals surface area contributed by atoms with Gasteiger partial charge in [0.15, 0.2) is 5.82 Å². The molecule has 1 saturated heterocycles. The van der Waals surface area contributed by atoms with Crippen LogP contribution >= 0.6 is 0 Å². The molecule has 0 spiro atoms. The number of rotatable bonds is 4. The van der Waals surface area contributed by atoms with Gasteiger partial charge in [-0.2, -0.15) is 5.10 Å². The number of hydrogen-bond donors (Lipinski definition) is 2. The first-order chi connectivity index (χ1) is 15.1. The third-order valence-corrected chi connectivity index (χ3v) is 5.82. The number of anilines is 3. The molecule has 0 aliphatic carbocycles. The van der Waals surface area contributed by atoms with Crippen LogP contribution in [0.25, 0.3) is 21.8 Å². The molecule has 1 aliphatic rings. The number of carbonyl (C=O) groups is 1. The molecule has 5 rings (SSSR count). The van der Waals surface area contributed by atoms with E-state index in [1.54, 1.807) is 20.2 Å². The zero-order valence-electron chi connectivity index (χ0n) is 17.6. The van der Waals surface area contributed by atoms with Crippen LogP contribution in [-0.4, -0.2) is 59.3 Å². The van der Waals surface area contributed by atoms with E-state index in [0.717, 1.165) is 70.9 Å². The first-order valence-electron chi connectivity index (χ1n) is 10.3. The normalized spacial score (nSPS) is 14.3. The van der Waals surface area contributed by atoms with Gasteiger partial charge >= 0.3 is 0 Å². The van der Waals surface area contributed by atoms with Crippen molar-refractivity contribution >= 4 is 44.9 Å². The van der Waals surface area contributed by atoms with Crippen LogP contribution in [0.2, 0.25) is 0 Å². The maximum absolute atomic E-state index is 11.5. The lowest BCUT2D eigenvalue weighted by molar-refractivity contribution is -0.129. The Labute approximate surface area is 179 Å². The molecule has 1 amide bonds. The summed E-state index contributed by atoms with van der Waals surface area (Å²) in [5.74, 6) is 1.64. The van der Waals surface area contributed by atoms with Crippen molar-refractivity contribution in [2.75, 3.05) is 43.5 Å². The Balaban J connectivity index is 1.40. The van der Waals surface area contributed by atoms with Gasteiger partial charge < -0.3 is 19.9 Å². The standard InChI is InChI=1S/C23H24N6O2/c1-15(30)28-10-12-29(13-11-28)17-8-6-16(7-9-17)25-23-22-18(14-24-27-22)21-19(26-23)4-3-5-20(21)31-2/h3-9,14H,10-13H2,1-2H3,(H,24,27)(H,25,26). The summed E-state index contributed by atoms with van der Waals surface area (Å²) in [4.78, 5) is 20.5. The fourth-order valence-corrected chi connectivity index (χ4v) is 4.15. The third kappa shape index (κ3) is 3.50. The van der Waals surface area contributed by atoms with Crippen molar-refractivity contribution in [3.63, 3.8) is 0 Å². The number of pyridine rings is 1. The highest BCUT2D eigenvalue weighted by Crippen LogP contribution is 2.35. The fourth-order valence-electron chi connectivity index (χ4n) is 4.15. The summed E-state index contributed by atoms with van der Waals surface area (Å²) in [5.41, 5.74) is 3.77. The van der Waals surface area contributed by atoms with Gasteiger partial charge in [0.2, 0.25) is 5.91 Å². The molecule has 31 heavy (non-hydrogen) atoms. The molecule has 2 aromatic carbocycles. The predicted octanol–water partition coefficient (Wildman–Crippen LogP) is 3.53. The number of aromatic nitrogens is 3. The number of ether oxygens (including phenoxy) is 1. The molecule has 158 valence electrons. The molecule has 4 aromatic rings. The van der Waals surface area contributed by atoms with E-state index in [9.17, 15) is 4.79 Å². The van der Waals surface area contributed by atoms with Gasteiger partial charge in [-0.1, -0.05) is 6.07 Å². The number of carbonyl (C=O) groups excluding carboxylic acids is 1. The Morgan fingerprint density at radius 3 is 2.58 bits per heavy atom. The Hall–Kier alpha value is -3.81. The van der Waals surface area contributed by atoms with Gasteiger partial charge in [-0.15, -0.1) is 0 Å². The number of nitrogens with zero attached hydrogens (tertiary/aromatic N) is 4. The van der Waals surface area contributed by atoms with E-state index >= 15 is 0 Å². The van der Waals surface area contributed by atoms with Crippen molar-refractivity contribution in [1.82, 2.24) is 20.1 Å². The second kappa shape index (κ2) is 7.79. The second-order valence-corrected chi connectivity index (χ2v) is 7.64. The minimum absolute atomic E-state index is 0.143. The molecular formula is C23H24N6O2. The van der Waals surface area contributed by atoms with Crippen molar-refractivity contribution in [3.05, 3.63) is 48.7 Å². The largest absolute Gasteiger partial charge is 0.496 e. The summed E-state index contributed by atoms with van der Waals surface area (Å²) in [6.07, 6.45) is 1.80. The SMILES string of the molecule is COc1cccc2nc(Nc3ccc(N4CCN(C(C)=O)CC4)cc3)c3[nH]ncc3c12. The maximum atomic E-state index is 11.5. The molecule has 2 N–H and O–H groups in total. The molecule has 2 aromatic heterocycles. The lowest BCUT2D eigenvalue weighted by Crippen LogP contribution is -2.48. The van der Waals surface area contributed by atoms with E-state index in [0.29, 0.717) is 0 Å². The fraction of sp³-hybridized carbons (Fsp3) is 0.261. The molecule has 8 nitrogen and oxygen atoms in total. The summed E-state index contributed by atoms with van der Waals surface area (Å²) < 4.78 is 5.53. The number of benzene rings is 2. The van der Waals surface area contributed by atoms with E-state index in [2.05, 4.69) is 32.5 Å². The highest BCUT2D eigenvalue weighted by molar-refractivity contribution is 6.11. The van der Waals surface area contributed by atoms with Gasteiger partial charge in [0.25, 0.3) is 0 Å². The van der Waals surface area contributed by atoms with Crippen molar-refractivity contribution in [3.8, 4) is 5.75 Å². The summed E-state index contributed by atoms with van der Waals surface area (Å²) in [7, 11) is 1.66. The average Bonchev–Trinajstić information content (AvgIpc) is 3.30. The number of piperazine rings is 1. The molecule has 0 bridgehead atoms. The summed E-state index contributed by atoms with van der Waals surface area (Å²) in [6.45, 7) is 4.84. The van der Waals surface area contributed by atoms with E-state index in [4.69, 9.17) is 9.72 Å². The molecule has 3 heterocycles. The molecule has 1 aliphatic heterocycles. The van der Waals surface area contributed by atoms with Gasteiger partial charge in [0, 0.05) is 49.9 Å². The molecule has 0 saturated carbocycles. The molecular weight excluding hydrogens is 392 g/mol. The Morgan fingerprint density at radius 2 is 1.87 bits per heavy atom. The van der Waals surface area contributed by atoms with Crippen LogP contribution in [0.5, 0.6) is 5.75 Å². The summed E-state index contributed by atoms with van der Waals surface area (Å²) in [6, 6.07) is 14.1. The van der Waals surface area contributed by atoms with Crippen LogP contribution < -0.4 is 15.0 Å². The zero-order valence-corrected chi connectivity index (χ0v) is 17.6. The Kier molecular flexibility index (Phi) is 4.82. The average molecular weight is 416 g/mol. The zero-order chi connectivity index (χ0) is 21.4. The minimum atomic E-state index is 0.143. The van der Waals surface area contributed by atoms with Crippen LogP contribution in [0, 0.1) is 0 Å². The van der Waals surface area contributed by atoms with E-state index < -0.39 is 0 Å². The first kappa shape index (κ1) is 19.2. The second-order valence-electron chi connectivity index (χ2n) is 7.64. The van der Waals surface area contributed by atoms with Crippen molar-refractivity contribution in [1.29, 1.82) is 0 Å². The van der Waals surface area contributed by atoms with Crippen LogP contribution in [0.1, 0.15) is 6.92 Å². The van der Waals surface area contributed by atoms with Gasteiger partial charge in [-0.25, -0.2) is 4.98 Å². The predicted molar refractivity (Wildman–Crippen MR) is 122 cm³/mol. The molecule has 0 atom stereocenters. The van der Waals surface area contributed by atoms with Crippen LogP contribution in [0.4, 0.5) is 17.2 Å². The Morgan fingerprint density at radius 1 is 1.10 bits per heavy atom. The number of nitrogens with one attached hydrogen (secondary N) is 2. The topological polar surface area (TPSA) is 86.4 Å². The molecule has 0 unspecified atom stereocenters. The summed E-state index contributed by atoms with van der Waals surface area (Å²) >= 11 is 0. The highest BCUT2D eigenvalue weighted by atomic mass is 16.5. The smallest absolute Gasteiger partial charge is 0.219 e. The van der Waals surface area contributed by atoms with Gasteiger partial charge in [-0.05, 0) is 36.4 Å². The van der Waals surface area contributed by atoms with Crippen molar-refractivity contribution in [2.24, 2.45) is 0 Å². The number of methoxy groups -OCH3 is 1. The molecule has 1 fully saturated rings. The molecule has 8 heteroatoms. The van der Waals surface area contributed by atoms with Crippen LogP contribution in [-0.2, 0) is 4.79 Å². The van der Waals surface area contributed by atoms with Crippen LogP contribution in [0.15, 0.2) is 48.7 Å². The quantitative estimate of drug-likeness (QED) is 0.529. The number of amides is 1. The highest BCUT2D eigenvalue weighted by Gasteiger charge is 2.19. The number of aromatic amines is 1. The van der Waals surface area contributed by atoms with E-state index in [1.165, 1.54) is 0 Å². The summed E-state index contributed by atoms with van der Waals surface area (Å²) in [5, 5.41) is 12.6.